The predicted molar refractivity (Wildman–Crippen MR) is 103 cm³/mol. The standard InChI is InChI=1S/C21H17N3O3/c1-27-17-9-5-8-15(10-17)21-23-20-18(24(21)13-19(25)26)11-16(12-22-20)14-6-3-2-4-7-14/h2-12H,13H2,1H3,(H,25,26). The van der Waals surface area contributed by atoms with Crippen LogP contribution in [0.1, 0.15) is 0 Å². The van der Waals surface area contributed by atoms with Crippen LogP contribution in [0.2, 0.25) is 0 Å². The van der Waals surface area contributed by atoms with Crippen LogP contribution in [-0.4, -0.2) is 32.7 Å². The highest BCUT2D eigenvalue weighted by Crippen LogP contribution is 2.29. The van der Waals surface area contributed by atoms with E-state index in [0.29, 0.717) is 22.7 Å². The molecular weight excluding hydrogens is 342 g/mol. The fourth-order valence-electron chi connectivity index (χ4n) is 3.07. The van der Waals surface area contributed by atoms with E-state index in [1.54, 1.807) is 17.9 Å². The van der Waals surface area contributed by atoms with Crippen molar-refractivity contribution in [2.75, 3.05) is 7.11 Å². The zero-order chi connectivity index (χ0) is 18.8. The van der Waals surface area contributed by atoms with E-state index in [1.807, 2.05) is 60.7 Å². The van der Waals surface area contributed by atoms with Crippen molar-refractivity contribution in [3.63, 3.8) is 0 Å². The Morgan fingerprint density at radius 3 is 2.56 bits per heavy atom. The van der Waals surface area contributed by atoms with Gasteiger partial charge in [-0.1, -0.05) is 42.5 Å². The first-order valence-corrected chi connectivity index (χ1v) is 8.43. The minimum atomic E-state index is -0.941. The molecular formula is C21H17N3O3. The summed E-state index contributed by atoms with van der Waals surface area (Å²) in [5.41, 5.74) is 3.88. The van der Waals surface area contributed by atoms with Gasteiger partial charge in [-0.05, 0) is 23.8 Å². The number of rotatable bonds is 5. The third kappa shape index (κ3) is 3.25. The highest BCUT2D eigenvalue weighted by molar-refractivity contribution is 5.84. The summed E-state index contributed by atoms with van der Waals surface area (Å²) in [6.45, 7) is -0.205. The number of hydrogen-bond donors (Lipinski definition) is 1. The van der Waals surface area contributed by atoms with Gasteiger partial charge in [0, 0.05) is 17.3 Å². The van der Waals surface area contributed by atoms with Crippen molar-refractivity contribution in [2.24, 2.45) is 0 Å². The molecule has 0 aliphatic rings. The summed E-state index contributed by atoms with van der Waals surface area (Å²) in [6.07, 6.45) is 1.76. The lowest BCUT2D eigenvalue weighted by atomic mass is 10.1. The van der Waals surface area contributed by atoms with Gasteiger partial charge in [0.15, 0.2) is 5.65 Å². The molecule has 2 aromatic carbocycles. The Morgan fingerprint density at radius 2 is 1.81 bits per heavy atom. The van der Waals surface area contributed by atoms with Crippen LogP contribution in [0.5, 0.6) is 5.75 Å². The van der Waals surface area contributed by atoms with Crippen molar-refractivity contribution >= 4 is 17.1 Å². The number of methoxy groups -OCH3 is 1. The summed E-state index contributed by atoms with van der Waals surface area (Å²) < 4.78 is 6.95. The summed E-state index contributed by atoms with van der Waals surface area (Å²) in [6, 6.07) is 19.2. The SMILES string of the molecule is COc1cccc(-c2nc3ncc(-c4ccccc4)cc3n2CC(=O)O)c1. The monoisotopic (exact) mass is 359 g/mol. The van der Waals surface area contributed by atoms with Crippen LogP contribution in [-0.2, 0) is 11.3 Å². The average molecular weight is 359 g/mol. The molecule has 0 fully saturated rings. The first-order valence-electron chi connectivity index (χ1n) is 8.43. The number of hydrogen-bond acceptors (Lipinski definition) is 4. The Bertz CT molecular complexity index is 1120. The number of carbonyl (C=O) groups is 1. The molecule has 0 aliphatic heterocycles. The van der Waals surface area contributed by atoms with E-state index in [9.17, 15) is 9.90 Å². The fraction of sp³-hybridized carbons (Fsp3) is 0.0952. The molecule has 2 heterocycles. The number of ether oxygens (including phenoxy) is 1. The van der Waals surface area contributed by atoms with Crippen molar-refractivity contribution in [2.45, 2.75) is 6.54 Å². The van der Waals surface area contributed by atoms with E-state index in [4.69, 9.17) is 4.74 Å². The van der Waals surface area contributed by atoms with Gasteiger partial charge < -0.3 is 14.4 Å². The number of imidazole rings is 1. The van der Waals surface area contributed by atoms with Gasteiger partial charge in [0.2, 0.25) is 0 Å². The highest BCUT2D eigenvalue weighted by Gasteiger charge is 2.17. The molecule has 0 atom stereocenters. The van der Waals surface area contributed by atoms with Crippen LogP contribution < -0.4 is 4.74 Å². The maximum absolute atomic E-state index is 11.5. The molecule has 27 heavy (non-hydrogen) atoms. The second-order valence-electron chi connectivity index (χ2n) is 6.08. The summed E-state index contributed by atoms with van der Waals surface area (Å²) in [5.74, 6) is 0.284. The van der Waals surface area contributed by atoms with Gasteiger partial charge in [-0.15, -0.1) is 0 Å². The lowest BCUT2D eigenvalue weighted by Gasteiger charge is -2.08. The lowest BCUT2D eigenvalue weighted by molar-refractivity contribution is -0.137. The third-order valence-corrected chi connectivity index (χ3v) is 4.33. The molecule has 0 amide bonds. The van der Waals surface area contributed by atoms with Crippen LogP contribution in [0.4, 0.5) is 0 Å². The molecule has 1 N–H and O–H groups in total. The minimum absolute atomic E-state index is 0.205. The number of aromatic nitrogens is 3. The number of fused-ring (bicyclic) bond motifs is 1. The summed E-state index contributed by atoms with van der Waals surface area (Å²) in [4.78, 5) is 20.5. The molecule has 134 valence electrons. The number of carboxylic acids is 1. The van der Waals surface area contributed by atoms with Crippen LogP contribution >= 0.6 is 0 Å². The molecule has 0 saturated carbocycles. The van der Waals surface area contributed by atoms with E-state index in [1.165, 1.54) is 0 Å². The predicted octanol–water partition coefficient (Wildman–Crippen LogP) is 3.86. The average Bonchev–Trinajstić information content (AvgIpc) is 3.06. The Morgan fingerprint density at radius 1 is 1.04 bits per heavy atom. The van der Waals surface area contributed by atoms with E-state index in [0.717, 1.165) is 16.7 Å². The lowest BCUT2D eigenvalue weighted by Crippen LogP contribution is -2.10. The smallest absolute Gasteiger partial charge is 0.323 e. The van der Waals surface area contributed by atoms with Crippen LogP contribution in [0.25, 0.3) is 33.7 Å². The van der Waals surface area contributed by atoms with Gasteiger partial charge >= 0.3 is 5.97 Å². The number of nitrogens with zero attached hydrogens (tertiary/aromatic N) is 3. The summed E-state index contributed by atoms with van der Waals surface area (Å²) in [7, 11) is 1.59. The van der Waals surface area contributed by atoms with Gasteiger partial charge in [0.1, 0.15) is 18.1 Å². The summed E-state index contributed by atoms with van der Waals surface area (Å²) >= 11 is 0. The number of carboxylic acid groups (broad SMARTS) is 1. The number of aliphatic carboxylic acids is 1. The van der Waals surface area contributed by atoms with Crippen LogP contribution in [0, 0.1) is 0 Å². The van der Waals surface area contributed by atoms with Gasteiger partial charge in [-0.3, -0.25) is 4.79 Å². The minimum Gasteiger partial charge on any atom is -0.497 e. The second-order valence-corrected chi connectivity index (χ2v) is 6.08. The van der Waals surface area contributed by atoms with E-state index >= 15 is 0 Å². The van der Waals surface area contributed by atoms with Crippen LogP contribution in [0.3, 0.4) is 0 Å². The number of benzene rings is 2. The zero-order valence-corrected chi connectivity index (χ0v) is 14.7. The van der Waals surface area contributed by atoms with Crippen LogP contribution in [0.15, 0.2) is 66.9 Å². The molecule has 0 bridgehead atoms. The largest absolute Gasteiger partial charge is 0.497 e. The fourth-order valence-corrected chi connectivity index (χ4v) is 3.07. The Labute approximate surface area is 155 Å². The van der Waals surface area contributed by atoms with Gasteiger partial charge in [-0.25, -0.2) is 9.97 Å². The van der Waals surface area contributed by atoms with E-state index in [-0.39, 0.29) is 6.54 Å². The van der Waals surface area contributed by atoms with Crippen molar-refractivity contribution in [1.82, 2.24) is 14.5 Å². The van der Waals surface area contributed by atoms with E-state index in [2.05, 4.69) is 9.97 Å². The normalized spacial score (nSPS) is 10.9. The molecule has 6 heteroatoms. The second kappa shape index (κ2) is 6.92. The Balaban J connectivity index is 1.92. The molecule has 0 unspecified atom stereocenters. The highest BCUT2D eigenvalue weighted by atomic mass is 16.5. The maximum Gasteiger partial charge on any atom is 0.323 e. The topological polar surface area (TPSA) is 77.2 Å². The van der Waals surface area contributed by atoms with Crippen molar-refractivity contribution < 1.29 is 14.6 Å². The quantitative estimate of drug-likeness (QED) is 0.585. The first kappa shape index (κ1) is 16.8. The van der Waals surface area contributed by atoms with Gasteiger partial charge in [0.05, 0.1) is 12.6 Å². The Hall–Kier alpha value is -3.67. The van der Waals surface area contributed by atoms with Gasteiger partial charge in [-0.2, -0.15) is 0 Å². The van der Waals surface area contributed by atoms with Crippen molar-refractivity contribution in [3.8, 4) is 28.3 Å². The first-order chi connectivity index (χ1) is 13.2. The molecule has 2 aromatic heterocycles. The summed E-state index contributed by atoms with van der Waals surface area (Å²) in [5, 5.41) is 9.41. The molecule has 0 spiro atoms. The Kier molecular flexibility index (Phi) is 4.30. The maximum atomic E-state index is 11.5. The zero-order valence-electron chi connectivity index (χ0n) is 14.7. The van der Waals surface area contributed by atoms with Crippen molar-refractivity contribution in [3.05, 3.63) is 66.9 Å². The molecule has 0 radical (unpaired) electrons. The van der Waals surface area contributed by atoms with Gasteiger partial charge in [0.25, 0.3) is 0 Å². The molecule has 4 aromatic rings. The molecule has 0 saturated heterocycles. The third-order valence-electron chi connectivity index (χ3n) is 4.33. The van der Waals surface area contributed by atoms with Crippen molar-refractivity contribution in [1.29, 1.82) is 0 Å². The number of pyridine rings is 1. The van der Waals surface area contributed by atoms with E-state index < -0.39 is 5.97 Å². The molecule has 6 nitrogen and oxygen atoms in total. The molecule has 0 aliphatic carbocycles. The molecule has 4 rings (SSSR count).